The van der Waals surface area contributed by atoms with Crippen molar-refractivity contribution < 1.29 is 4.92 Å². The van der Waals surface area contributed by atoms with Gasteiger partial charge in [0.15, 0.2) is 0 Å². The van der Waals surface area contributed by atoms with Crippen molar-refractivity contribution in [1.29, 1.82) is 0 Å². The van der Waals surface area contributed by atoms with Crippen molar-refractivity contribution in [3.63, 3.8) is 0 Å². The smallest absolute Gasteiger partial charge is 0.269 e. The number of nitrogens with one attached hydrogen (secondary N) is 1. The second kappa shape index (κ2) is 9.95. The van der Waals surface area contributed by atoms with Gasteiger partial charge in [-0.15, -0.1) is 24.8 Å². The van der Waals surface area contributed by atoms with Gasteiger partial charge in [-0.1, -0.05) is 12.1 Å². The number of nitro benzene ring substituents is 1. The summed E-state index contributed by atoms with van der Waals surface area (Å²) in [5.41, 5.74) is 1.34. The molecule has 1 fully saturated rings. The minimum atomic E-state index is -0.355. The van der Waals surface area contributed by atoms with E-state index in [0.29, 0.717) is 6.04 Å². The van der Waals surface area contributed by atoms with Crippen LogP contribution in [0.25, 0.3) is 0 Å². The van der Waals surface area contributed by atoms with E-state index in [2.05, 4.69) is 17.1 Å². The van der Waals surface area contributed by atoms with Crippen LogP contribution in [0, 0.1) is 10.1 Å². The molecule has 0 unspecified atom stereocenters. The van der Waals surface area contributed by atoms with Gasteiger partial charge in [-0.05, 0) is 31.9 Å². The first-order valence-electron chi connectivity index (χ1n) is 6.84. The number of aryl methyl sites for hydroxylation is 1. The molecule has 21 heavy (non-hydrogen) atoms. The summed E-state index contributed by atoms with van der Waals surface area (Å²) in [4.78, 5) is 12.7. The minimum Gasteiger partial charge on any atom is -0.312 e. The Balaban J connectivity index is 0.00000200. The molecule has 0 aromatic heterocycles. The molecule has 1 heterocycles. The highest BCUT2D eigenvalue weighted by Gasteiger charge is 2.14. The molecule has 1 aromatic carbocycles. The average molecular weight is 336 g/mol. The summed E-state index contributed by atoms with van der Waals surface area (Å²) in [5, 5.41) is 14.0. The van der Waals surface area contributed by atoms with Gasteiger partial charge in [-0.2, -0.15) is 0 Å². The van der Waals surface area contributed by atoms with Crippen molar-refractivity contribution in [3.05, 3.63) is 39.9 Å². The van der Waals surface area contributed by atoms with Crippen LogP contribution < -0.4 is 5.32 Å². The van der Waals surface area contributed by atoms with Crippen LogP contribution in [0.3, 0.4) is 0 Å². The summed E-state index contributed by atoms with van der Waals surface area (Å²) in [6, 6.07) is 7.47. The van der Waals surface area contributed by atoms with Crippen molar-refractivity contribution in [2.75, 3.05) is 26.2 Å². The van der Waals surface area contributed by atoms with Crippen LogP contribution in [0.1, 0.15) is 18.9 Å². The molecule has 120 valence electrons. The fourth-order valence-electron chi connectivity index (χ4n) is 2.51. The first-order chi connectivity index (χ1) is 9.15. The Kier molecular flexibility index (Phi) is 9.53. The molecular weight excluding hydrogens is 313 g/mol. The van der Waals surface area contributed by atoms with Crippen molar-refractivity contribution in [1.82, 2.24) is 10.2 Å². The van der Waals surface area contributed by atoms with Crippen LogP contribution in [-0.4, -0.2) is 42.0 Å². The predicted molar refractivity (Wildman–Crippen MR) is 89.8 cm³/mol. The lowest BCUT2D eigenvalue weighted by molar-refractivity contribution is -0.384. The molecule has 1 aliphatic heterocycles. The van der Waals surface area contributed by atoms with Gasteiger partial charge in [-0.3, -0.25) is 10.1 Å². The summed E-state index contributed by atoms with van der Waals surface area (Å²) in [7, 11) is 0. The molecular formula is C14H23Cl2N3O2. The van der Waals surface area contributed by atoms with Gasteiger partial charge in [0, 0.05) is 37.8 Å². The van der Waals surface area contributed by atoms with E-state index in [0.717, 1.165) is 39.0 Å². The van der Waals surface area contributed by atoms with Crippen molar-refractivity contribution in [2.45, 2.75) is 25.8 Å². The van der Waals surface area contributed by atoms with Gasteiger partial charge >= 0.3 is 0 Å². The van der Waals surface area contributed by atoms with E-state index in [9.17, 15) is 10.1 Å². The molecule has 0 aliphatic carbocycles. The lowest BCUT2D eigenvalue weighted by Crippen LogP contribution is -2.49. The lowest BCUT2D eigenvalue weighted by atomic mass is 10.1. The molecule has 1 saturated heterocycles. The third kappa shape index (κ3) is 6.61. The monoisotopic (exact) mass is 335 g/mol. The average Bonchev–Trinajstić information content (AvgIpc) is 2.39. The van der Waals surface area contributed by atoms with E-state index in [4.69, 9.17) is 0 Å². The van der Waals surface area contributed by atoms with E-state index in [1.807, 2.05) is 12.1 Å². The molecule has 0 radical (unpaired) electrons. The maximum absolute atomic E-state index is 10.6. The van der Waals surface area contributed by atoms with E-state index in [1.54, 1.807) is 12.1 Å². The summed E-state index contributed by atoms with van der Waals surface area (Å²) in [6.07, 6.45) is 2.08. The SMILES string of the molecule is C[C@H]1CN(CCCc2ccc([N+](=O)[O-])cc2)CCN1.Cl.Cl. The molecule has 1 N–H and O–H groups in total. The molecule has 0 spiro atoms. The van der Waals surface area contributed by atoms with Crippen LogP contribution in [0.15, 0.2) is 24.3 Å². The molecule has 0 saturated carbocycles. The molecule has 7 heteroatoms. The first-order valence-corrected chi connectivity index (χ1v) is 6.84. The summed E-state index contributed by atoms with van der Waals surface area (Å²) in [5.74, 6) is 0. The third-order valence-electron chi connectivity index (χ3n) is 3.54. The van der Waals surface area contributed by atoms with Crippen LogP contribution in [0.5, 0.6) is 0 Å². The minimum absolute atomic E-state index is 0. The Bertz CT molecular complexity index is 429. The lowest BCUT2D eigenvalue weighted by Gasteiger charge is -2.31. The zero-order valence-corrected chi connectivity index (χ0v) is 13.8. The van der Waals surface area contributed by atoms with Gasteiger partial charge in [0.05, 0.1) is 4.92 Å². The van der Waals surface area contributed by atoms with E-state index in [-0.39, 0.29) is 35.4 Å². The summed E-state index contributed by atoms with van der Waals surface area (Å²) >= 11 is 0. The Labute approximate surface area is 138 Å². The van der Waals surface area contributed by atoms with Crippen LogP contribution in [0.4, 0.5) is 5.69 Å². The van der Waals surface area contributed by atoms with Gasteiger partial charge in [0.1, 0.15) is 0 Å². The van der Waals surface area contributed by atoms with E-state index < -0.39 is 0 Å². The summed E-state index contributed by atoms with van der Waals surface area (Å²) < 4.78 is 0. The molecule has 5 nitrogen and oxygen atoms in total. The van der Waals surface area contributed by atoms with Crippen LogP contribution in [-0.2, 0) is 6.42 Å². The number of halogens is 2. The molecule has 1 atom stereocenters. The molecule has 1 aliphatic rings. The maximum Gasteiger partial charge on any atom is 0.269 e. The molecule has 0 amide bonds. The van der Waals surface area contributed by atoms with Gasteiger partial charge < -0.3 is 10.2 Å². The summed E-state index contributed by atoms with van der Waals surface area (Å²) in [6.45, 7) is 6.61. The van der Waals surface area contributed by atoms with Crippen molar-refractivity contribution in [3.8, 4) is 0 Å². The fraction of sp³-hybridized carbons (Fsp3) is 0.571. The van der Waals surface area contributed by atoms with Gasteiger partial charge in [-0.25, -0.2) is 0 Å². The Hall–Kier alpha value is -0.880. The predicted octanol–water partition coefficient (Wildman–Crippen LogP) is 2.66. The van der Waals surface area contributed by atoms with E-state index in [1.165, 1.54) is 5.56 Å². The largest absolute Gasteiger partial charge is 0.312 e. The second-order valence-corrected chi connectivity index (χ2v) is 5.18. The number of rotatable bonds is 5. The van der Waals surface area contributed by atoms with Crippen LogP contribution >= 0.6 is 24.8 Å². The van der Waals surface area contributed by atoms with Gasteiger partial charge in [0.25, 0.3) is 5.69 Å². The number of hydrogen-bond donors (Lipinski definition) is 1. The first kappa shape index (κ1) is 20.1. The number of hydrogen-bond acceptors (Lipinski definition) is 4. The number of nitro groups is 1. The quantitative estimate of drug-likeness (QED) is 0.663. The molecule has 0 bridgehead atoms. The fourth-order valence-corrected chi connectivity index (χ4v) is 2.51. The van der Waals surface area contributed by atoms with Crippen LogP contribution in [0.2, 0.25) is 0 Å². The second-order valence-electron chi connectivity index (χ2n) is 5.18. The van der Waals surface area contributed by atoms with Gasteiger partial charge in [0.2, 0.25) is 0 Å². The highest BCUT2D eigenvalue weighted by molar-refractivity contribution is 5.85. The number of benzene rings is 1. The maximum atomic E-state index is 10.6. The number of nitrogens with zero attached hydrogens (tertiary/aromatic N) is 2. The topological polar surface area (TPSA) is 58.4 Å². The zero-order valence-electron chi connectivity index (χ0n) is 12.2. The molecule has 2 rings (SSSR count). The van der Waals surface area contributed by atoms with Crippen molar-refractivity contribution in [2.24, 2.45) is 0 Å². The number of non-ortho nitro benzene ring substituents is 1. The Morgan fingerprint density at radius 2 is 2.00 bits per heavy atom. The third-order valence-corrected chi connectivity index (χ3v) is 3.54. The molecule has 1 aromatic rings. The Morgan fingerprint density at radius 1 is 1.33 bits per heavy atom. The van der Waals surface area contributed by atoms with E-state index >= 15 is 0 Å². The normalized spacial score (nSPS) is 18.4. The standard InChI is InChI=1S/C14H21N3O2.2ClH/c1-12-11-16(10-8-15-12)9-2-3-13-4-6-14(7-5-13)17(18)19;;/h4-7,12,15H,2-3,8-11H2,1H3;2*1H/t12-;;/m0../s1. The Morgan fingerprint density at radius 3 is 2.57 bits per heavy atom. The highest BCUT2D eigenvalue weighted by Crippen LogP contribution is 2.13. The zero-order chi connectivity index (χ0) is 13.7. The van der Waals surface area contributed by atoms with Crippen molar-refractivity contribution >= 4 is 30.5 Å². The highest BCUT2D eigenvalue weighted by atomic mass is 35.5. The number of piperazine rings is 1.